The van der Waals surface area contributed by atoms with E-state index in [-0.39, 0.29) is 11.5 Å². The Bertz CT molecular complexity index is 921. The van der Waals surface area contributed by atoms with E-state index >= 15 is 0 Å². The molecule has 0 radical (unpaired) electrons. The number of benzene rings is 2. The molecule has 0 saturated carbocycles. The van der Waals surface area contributed by atoms with Crippen molar-refractivity contribution < 1.29 is 14.3 Å². The zero-order chi connectivity index (χ0) is 16.4. The quantitative estimate of drug-likeness (QED) is 0.365. The molecule has 116 valence electrons. The Morgan fingerprint density at radius 3 is 2.87 bits per heavy atom. The molecule has 3 aromatic rings. The fourth-order valence-electron chi connectivity index (χ4n) is 1.95. The van der Waals surface area contributed by atoms with Crippen molar-refractivity contribution in [3.8, 4) is 5.75 Å². The summed E-state index contributed by atoms with van der Waals surface area (Å²) >= 11 is 7.91. The molecule has 0 atom stereocenters. The van der Waals surface area contributed by atoms with Crippen LogP contribution in [0.4, 0.5) is 0 Å². The van der Waals surface area contributed by atoms with Gasteiger partial charge >= 0.3 is 5.91 Å². The lowest BCUT2D eigenvalue weighted by Crippen LogP contribution is -2.16. The van der Waals surface area contributed by atoms with Crippen LogP contribution in [0, 0.1) is 3.57 Å². The van der Waals surface area contributed by atoms with Gasteiger partial charge in [-0.1, -0.05) is 11.6 Å². The molecule has 23 heavy (non-hydrogen) atoms. The number of furan rings is 1. The van der Waals surface area contributed by atoms with Gasteiger partial charge in [-0.3, -0.25) is 4.79 Å². The summed E-state index contributed by atoms with van der Waals surface area (Å²) in [4.78, 5) is 12.0. The van der Waals surface area contributed by atoms with Crippen molar-refractivity contribution >= 4 is 57.3 Å². The van der Waals surface area contributed by atoms with Crippen molar-refractivity contribution in [2.24, 2.45) is 5.10 Å². The van der Waals surface area contributed by atoms with Gasteiger partial charge in [-0.05, 0) is 70.6 Å². The largest absolute Gasteiger partial charge is 0.507 e. The minimum Gasteiger partial charge on any atom is -0.507 e. The van der Waals surface area contributed by atoms with Crippen LogP contribution in [-0.4, -0.2) is 17.2 Å². The monoisotopic (exact) mass is 440 g/mol. The summed E-state index contributed by atoms with van der Waals surface area (Å²) in [6.45, 7) is 0. The van der Waals surface area contributed by atoms with Gasteiger partial charge in [0.05, 0.1) is 9.78 Å². The highest BCUT2D eigenvalue weighted by molar-refractivity contribution is 14.1. The van der Waals surface area contributed by atoms with Crippen LogP contribution < -0.4 is 5.43 Å². The molecule has 0 saturated heterocycles. The molecule has 1 amide bonds. The smallest absolute Gasteiger partial charge is 0.307 e. The second kappa shape index (κ2) is 6.59. The van der Waals surface area contributed by atoms with Crippen molar-refractivity contribution in [2.45, 2.75) is 0 Å². The number of amides is 1. The molecule has 5 nitrogen and oxygen atoms in total. The number of nitrogens with one attached hydrogen (secondary N) is 1. The number of carbonyl (C=O) groups is 1. The summed E-state index contributed by atoms with van der Waals surface area (Å²) in [5, 5.41) is 14.7. The maximum Gasteiger partial charge on any atom is 0.307 e. The van der Waals surface area contributed by atoms with Gasteiger partial charge in [-0.15, -0.1) is 0 Å². The van der Waals surface area contributed by atoms with E-state index in [9.17, 15) is 9.90 Å². The van der Waals surface area contributed by atoms with E-state index in [2.05, 4.69) is 10.5 Å². The lowest BCUT2D eigenvalue weighted by atomic mass is 10.2. The maximum absolute atomic E-state index is 12.0. The van der Waals surface area contributed by atoms with Crippen LogP contribution >= 0.6 is 34.2 Å². The number of hydrogen-bond acceptors (Lipinski definition) is 4. The van der Waals surface area contributed by atoms with Crippen LogP contribution in [0.15, 0.2) is 52.0 Å². The van der Waals surface area contributed by atoms with Crippen LogP contribution in [0.3, 0.4) is 0 Å². The molecular weight excluding hydrogens is 431 g/mol. The first-order chi connectivity index (χ1) is 11.0. The number of rotatable bonds is 3. The molecular formula is C16H10ClIN2O3. The molecule has 2 aromatic carbocycles. The highest BCUT2D eigenvalue weighted by atomic mass is 127. The fourth-order valence-corrected chi connectivity index (χ4v) is 2.67. The standard InChI is InChI=1S/C16H10ClIN2O3/c17-11-2-4-14-10(6-11)7-15(23-14)16(22)20-19-8-9-1-3-13(21)12(18)5-9/h1-8,21H,(H,20,22)/b19-8-. The Balaban J connectivity index is 1.72. The lowest BCUT2D eigenvalue weighted by molar-refractivity contribution is 0.0929. The molecule has 0 spiro atoms. The first-order valence-electron chi connectivity index (χ1n) is 6.54. The third-order valence-electron chi connectivity index (χ3n) is 3.05. The Morgan fingerprint density at radius 1 is 1.26 bits per heavy atom. The van der Waals surface area contributed by atoms with Gasteiger partial charge < -0.3 is 9.52 Å². The molecule has 1 aromatic heterocycles. The summed E-state index contributed by atoms with van der Waals surface area (Å²) in [5.41, 5.74) is 3.73. The van der Waals surface area contributed by atoms with Crippen molar-refractivity contribution in [3.05, 3.63) is 62.4 Å². The zero-order valence-electron chi connectivity index (χ0n) is 11.6. The number of hydrazone groups is 1. The predicted octanol–water partition coefficient (Wildman–Crippen LogP) is 4.16. The number of fused-ring (bicyclic) bond motifs is 1. The van der Waals surface area contributed by atoms with E-state index in [1.165, 1.54) is 6.21 Å². The van der Waals surface area contributed by atoms with Crippen molar-refractivity contribution in [1.82, 2.24) is 5.43 Å². The number of hydrogen-bond donors (Lipinski definition) is 2. The molecule has 2 N–H and O–H groups in total. The SMILES string of the molecule is O=C(N/N=C\c1ccc(O)c(I)c1)c1cc2cc(Cl)ccc2o1. The average Bonchev–Trinajstić information content (AvgIpc) is 2.94. The highest BCUT2D eigenvalue weighted by Crippen LogP contribution is 2.23. The van der Waals surface area contributed by atoms with Crippen LogP contribution in [0.1, 0.15) is 16.1 Å². The Kier molecular flexibility index (Phi) is 4.53. The number of halogens is 2. The maximum atomic E-state index is 12.0. The van der Waals surface area contributed by atoms with E-state index < -0.39 is 5.91 Å². The molecule has 3 rings (SSSR count). The van der Waals surface area contributed by atoms with Crippen LogP contribution in [0.25, 0.3) is 11.0 Å². The van der Waals surface area contributed by atoms with Gasteiger partial charge in [0.25, 0.3) is 0 Å². The molecule has 7 heteroatoms. The molecule has 1 heterocycles. The van der Waals surface area contributed by atoms with E-state index in [0.717, 1.165) is 10.9 Å². The van der Waals surface area contributed by atoms with Crippen LogP contribution in [0.5, 0.6) is 5.75 Å². The Labute approximate surface area is 150 Å². The van der Waals surface area contributed by atoms with Crippen molar-refractivity contribution in [1.29, 1.82) is 0 Å². The van der Waals surface area contributed by atoms with E-state index in [0.29, 0.717) is 14.2 Å². The zero-order valence-corrected chi connectivity index (χ0v) is 14.5. The molecule has 0 aliphatic rings. The topological polar surface area (TPSA) is 74.8 Å². The number of nitrogens with zero attached hydrogens (tertiary/aromatic N) is 1. The fraction of sp³-hybridized carbons (Fsp3) is 0. The first kappa shape index (κ1) is 15.8. The summed E-state index contributed by atoms with van der Waals surface area (Å²) in [6.07, 6.45) is 1.49. The number of phenols is 1. The molecule has 0 aliphatic heterocycles. The third-order valence-corrected chi connectivity index (χ3v) is 4.15. The number of phenolic OH excluding ortho intramolecular Hbond substituents is 1. The number of carbonyl (C=O) groups excluding carboxylic acids is 1. The minimum atomic E-state index is -0.456. The summed E-state index contributed by atoms with van der Waals surface area (Å²) in [5.74, 6) is -0.102. The van der Waals surface area contributed by atoms with Gasteiger partial charge in [0.15, 0.2) is 5.76 Å². The average molecular weight is 441 g/mol. The lowest BCUT2D eigenvalue weighted by Gasteiger charge is -1.98. The minimum absolute atomic E-state index is 0.153. The Hall–Kier alpha value is -2.06. The molecule has 0 fully saturated rings. The molecule has 0 bridgehead atoms. The van der Waals surface area contributed by atoms with Gasteiger partial charge in [-0.25, -0.2) is 5.43 Å². The van der Waals surface area contributed by atoms with Crippen molar-refractivity contribution in [3.63, 3.8) is 0 Å². The van der Waals surface area contributed by atoms with E-state index in [1.807, 2.05) is 22.6 Å². The third kappa shape index (κ3) is 3.65. The summed E-state index contributed by atoms with van der Waals surface area (Å²) in [6, 6.07) is 11.7. The second-order valence-electron chi connectivity index (χ2n) is 4.70. The summed E-state index contributed by atoms with van der Waals surface area (Å²) < 4.78 is 6.14. The predicted molar refractivity (Wildman–Crippen MR) is 97.1 cm³/mol. The second-order valence-corrected chi connectivity index (χ2v) is 6.30. The Morgan fingerprint density at radius 2 is 2.09 bits per heavy atom. The van der Waals surface area contributed by atoms with Gasteiger partial charge in [0.1, 0.15) is 11.3 Å². The van der Waals surface area contributed by atoms with Crippen LogP contribution in [0.2, 0.25) is 5.02 Å². The normalized spacial score (nSPS) is 11.2. The molecule has 0 aliphatic carbocycles. The van der Waals surface area contributed by atoms with Gasteiger partial charge in [-0.2, -0.15) is 5.10 Å². The van der Waals surface area contributed by atoms with Crippen molar-refractivity contribution in [2.75, 3.05) is 0 Å². The first-order valence-corrected chi connectivity index (χ1v) is 7.99. The molecule has 0 unspecified atom stereocenters. The van der Waals surface area contributed by atoms with Gasteiger partial charge in [0.2, 0.25) is 0 Å². The van der Waals surface area contributed by atoms with Crippen LogP contribution in [-0.2, 0) is 0 Å². The van der Waals surface area contributed by atoms with E-state index in [4.69, 9.17) is 16.0 Å². The highest BCUT2D eigenvalue weighted by Gasteiger charge is 2.11. The summed E-state index contributed by atoms with van der Waals surface area (Å²) in [7, 11) is 0. The number of aromatic hydroxyl groups is 1. The van der Waals surface area contributed by atoms with Gasteiger partial charge in [0, 0.05) is 10.4 Å². The van der Waals surface area contributed by atoms with E-state index in [1.54, 1.807) is 42.5 Å².